The number of oxime groups is 1. The molecule has 1 saturated carbocycles. The highest BCUT2D eigenvalue weighted by Gasteiger charge is 2.42. The van der Waals surface area contributed by atoms with Crippen LogP contribution in [0.15, 0.2) is 17.3 Å². The van der Waals surface area contributed by atoms with E-state index in [-0.39, 0.29) is 5.54 Å². The van der Waals surface area contributed by atoms with Crippen LogP contribution in [0.5, 0.6) is 0 Å². The van der Waals surface area contributed by atoms with Gasteiger partial charge in [-0.05, 0) is 39.0 Å². The topological polar surface area (TPSA) is 45.1 Å². The number of allylic oxidation sites excluding steroid dienone is 1. The predicted molar refractivity (Wildman–Crippen MR) is 72.2 cm³/mol. The van der Waals surface area contributed by atoms with Gasteiger partial charge in [0, 0.05) is 13.1 Å². The predicted octanol–water partition coefficient (Wildman–Crippen LogP) is 2.28. The maximum absolute atomic E-state index is 9.36. The largest absolute Gasteiger partial charge is 0.411 e. The van der Waals surface area contributed by atoms with Crippen molar-refractivity contribution in [1.82, 2.24) is 4.90 Å². The van der Waals surface area contributed by atoms with E-state index in [0.717, 1.165) is 51.3 Å². The highest BCUT2D eigenvalue weighted by molar-refractivity contribution is 5.94. The summed E-state index contributed by atoms with van der Waals surface area (Å²) in [6, 6.07) is 0. The van der Waals surface area contributed by atoms with Crippen molar-refractivity contribution >= 4 is 5.71 Å². The number of hydrogen-bond donors (Lipinski definition) is 1. The molecule has 0 aromatic heterocycles. The van der Waals surface area contributed by atoms with Crippen LogP contribution in [0.25, 0.3) is 0 Å². The Balaban J connectivity index is 2.14. The fraction of sp³-hybridized carbons (Fsp3) is 0.786. The van der Waals surface area contributed by atoms with Gasteiger partial charge in [0.1, 0.15) is 0 Å². The Kier molecular flexibility index (Phi) is 4.07. The zero-order valence-corrected chi connectivity index (χ0v) is 11.5. The lowest BCUT2D eigenvalue weighted by molar-refractivity contribution is -0.00228. The monoisotopic (exact) mass is 252 g/mol. The molecule has 4 heteroatoms. The molecule has 102 valence electrons. The Bertz CT molecular complexity index is 348. The van der Waals surface area contributed by atoms with E-state index in [2.05, 4.69) is 30.5 Å². The molecule has 2 aliphatic rings. The van der Waals surface area contributed by atoms with Gasteiger partial charge in [0.05, 0.1) is 24.5 Å². The first-order valence-corrected chi connectivity index (χ1v) is 6.77. The minimum Gasteiger partial charge on any atom is -0.411 e. The normalized spacial score (nSPS) is 36.8. The van der Waals surface area contributed by atoms with Gasteiger partial charge in [-0.15, -0.1) is 0 Å². The van der Waals surface area contributed by atoms with Crippen LogP contribution >= 0.6 is 0 Å². The van der Waals surface area contributed by atoms with Crippen LogP contribution in [0.1, 0.15) is 33.1 Å². The molecule has 1 aliphatic heterocycles. The summed E-state index contributed by atoms with van der Waals surface area (Å²) in [5, 5.41) is 13.0. The van der Waals surface area contributed by atoms with E-state index < -0.39 is 0 Å². The van der Waals surface area contributed by atoms with Crippen molar-refractivity contribution in [3.63, 3.8) is 0 Å². The van der Waals surface area contributed by atoms with Gasteiger partial charge in [-0.2, -0.15) is 0 Å². The van der Waals surface area contributed by atoms with Crippen molar-refractivity contribution in [1.29, 1.82) is 0 Å². The first kappa shape index (κ1) is 13.6. The van der Waals surface area contributed by atoms with E-state index in [4.69, 9.17) is 4.74 Å². The Labute approximate surface area is 109 Å². The third-order valence-corrected chi connectivity index (χ3v) is 4.57. The molecule has 0 aromatic carbocycles. The van der Waals surface area contributed by atoms with Crippen LogP contribution in [0.4, 0.5) is 0 Å². The van der Waals surface area contributed by atoms with Gasteiger partial charge >= 0.3 is 0 Å². The van der Waals surface area contributed by atoms with E-state index in [0.29, 0.717) is 5.92 Å². The summed E-state index contributed by atoms with van der Waals surface area (Å²) in [6.45, 7) is 11.7. The molecule has 2 fully saturated rings. The molecule has 0 spiro atoms. The molecule has 4 nitrogen and oxygen atoms in total. The minimum absolute atomic E-state index is 0.107. The molecule has 0 amide bonds. The minimum atomic E-state index is -0.107. The standard InChI is InChI=1S/C14H24N2O2/c1-11(2)12-4-5-14(3,13(10-12)15-17)16-6-8-18-9-7-16/h12,17H,1,4-10H2,2-3H3/b15-13-/t12-,14+/m0/s1. The summed E-state index contributed by atoms with van der Waals surface area (Å²) in [7, 11) is 0. The molecular formula is C14H24N2O2. The Hall–Kier alpha value is -0.870. The van der Waals surface area contributed by atoms with E-state index in [9.17, 15) is 5.21 Å². The van der Waals surface area contributed by atoms with E-state index in [1.165, 1.54) is 5.57 Å². The summed E-state index contributed by atoms with van der Waals surface area (Å²) in [4.78, 5) is 2.40. The van der Waals surface area contributed by atoms with E-state index >= 15 is 0 Å². The van der Waals surface area contributed by atoms with Crippen LogP contribution in [0.3, 0.4) is 0 Å². The molecule has 2 atom stereocenters. The highest BCUT2D eigenvalue weighted by Crippen LogP contribution is 2.37. The quantitative estimate of drug-likeness (QED) is 0.466. The molecule has 1 aliphatic carbocycles. The molecule has 0 unspecified atom stereocenters. The van der Waals surface area contributed by atoms with Crippen molar-refractivity contribution in [3.8, 4) is 0 Å². The molecule has 2 rings (SSSR count). The second-order valence-corrected chi connectivity index (χ2v) is 5.71. The zero-order valence-electron chi connectivity index (χ0n) is 11.5. The molecule has 0 radical (unpaired) electrons. The first-order chi connectivity index (χ1) is 8.58. The molecule has 0 bridgehead atoms. The second kappa shape index (κ2) is 5.41. The molecule has 1 heterocycles. The smallest absolute Gasteiger partial charge is 0.0776 e. The number of nitrogens with zero attached hydrogens (tertiary/aromatic N) is 2. The maximum atomic E-state index is 9.36. The Morgan fingerprint density at radius 3 is 2.72 bits per heavy atom. The van der Waals surface area contributed by atoms with Gasteiger partial charge in [0.15, 0.2) is 0 Å². The average Bonchev–Trinajstić information content (AvgIpc) is 2.40. The summed E-state index contributed by atoms with van der Waals surface area (Å²) >= 11 is 0. The van der Waals surface area contributed by atoms with Crippen molar-refractivity contribution in [2.24, 2.45) is 11.1 Å². The van der Waals surface area contributed by atoms with Crippen molar-refractivity contribution in [2.45, 2.75) is 38.6 Å². The van der Waals surface area contributed by atoms with Crippen molar-refractivity contribution in [2.75, 3.05) is 26.3 Å². The van der Waals surface area contributed by atoms with E-state index in [1.807, 2.05) is 0 Å². The SMILES string of the molecule is C=C(C)[C@H]1CC[C@@](C)(N2CCOCC2)/C(=N\O)C1. The lowest BCUT2D eigenvalue weighted by Gasteiger charge is -2.47. The number of rotatable bonds is 2. The average molecular weight is 252 g/mol. The summed E-state index contributed by atoms with van der Waals surface area (Å²) in [5.41, 5.74) is 1.99. The number of ether oxygens (including phenoxy) is 1. The third kappa shape index (κ3) is 2.45. The first-order valence-electron chi connectivity index (χ1n) is 6.77. The zero-order chi connectivity index (χ0) is 13.2. The van der Waals surface area contributed by atoms with Gasteiger partial charge in [0.2, 0.25) is 0 Å². The number of hydrogen-bond acceptors (Lipinski definition) is 4. The van der Waals surface area contributed by atoms with Gasteiger partial charge in [-0.25, -0.2) is 0 Å². The molecule has 1 saturated heterocycles. The fourth-order valence-electron chi connectivity index (χ4n) is 3.12. The summed E-state index contributed by atoms with van der Waals surface area (Å²) in [5.74, 6) is 0.463. The fourth-order valence-corrected chi connectivity index (χ4v) is 3.12. The molecular weight excluding hydrogens is 228 g/mol. The second-order valence-electron chi connectivity index (χ2n) is 5.71. The van der Waals surface area contributed by atoms with Crippen molar-refractivity contribution in [3.05, 3.63) is 12.2 Å². The van der Waals surface area contributed by atoms with Crippen LogP contribution in [-0.2, 0) is 4.74 Å². The lowest BCUT2D eigenvalue weighted by Crippen LogP contribution is -2.58. The molecule has 18 heavy (non-hydrogen) atoms. The van der Waals surface area contributed by atoms with Crippen LogP contribution < -0.4 is 0 Å². The van der Waals surface area contributed by atoms with Crippen molar-refractivity contribution < 1.29 is 9.94 Å². The van der Waals surface area contributed by atoms with Gasteiger partial charge in [-0.1, -0.05) is 17.3 Å². The van der Waals surface area contributed by atoms with Crippen LogP contribution in [-0.4, -0.2) is 47.7 Å². The third-order valence-electron chi connectivity index (χ3n) is 4.57. The van der Waals surface area contributed by atoms with Crippen LogP contribution in [0.2, 0.25) is 0 Å². The highest BCUT2D eigenvalue weighted by atomic mass is 16.5. The van der Waals surface area contributed by atoms with Crippen LogP contribution in [0, 0.1) is 5.92 Å². The number of morpholine rings is 1. The summed E-state index contributed by atoms with van der Waals surface area (Å²) < 4.78 is 5.41. The lowest BCUT2D eigenvalue weighted by atomic mass is 9.73. The summed E-state index contributed by atoms with van der Waals surface area (Å²) in [6.07, 6.45) is 2.99. The van der Waals surface area contributed by atoms with E-state index in [1.54, 1.807) is 0 Å². The molecule has 0 aromatic rings. The van der Waals surface area contributed by atoms with Gasteiger partial charge in [-0.3, -0.25) is 4.90 Å². The Morgan fingerprint density at radius 1 is 1.50 bits per heavy atom. The maximum Gasteiger partial charge on any atom is 0.0776 e. The Morgan fingerprint density at radius 2 is 2.17 bits per heavy atom. The van der Waals surface area contributed by atoms with Gasteiger partial charge < -0.3 is 9.94 Å². The van der Waals surface area contributed by atoms with Gasteiger partial charge in [0.25, 0.3) is 0 Å². The molecule has 1 N–H and O–H groups in total.